The maximum absolute atomic E-state index is 12.2. The monoisotopic (exact) mass is 267 g/mol. The second kappa shape index (κ2) is 5.14. The van der Waals surface area contributed by atoms with Crippen LogP contribution in [-0.2, 0) is 0 Å². The zero-order valence-corrected chi connectivity index (χ0v) is 11.7. The number of nitrogens with zero attached hydrogens (tertiary/aromatic N) is 2. The van der Waals surface area contributed by atoms with Gasteiger partial charge in [0.2, 0.25) is 0 Å². The SMILES string of the molecule is CNc1cc(C(=O)N(C)CC2CC2C)cc(Cl)n1. The van der Waals surface area contributed by atoms with Gasteiger partial charge in [-0.05, 0) is 30.4 Å². The molecule has 5 heteroatoms. The van der Waals surface area contributed by atoms with Crippen molar-refractivity contribution in [3.05, 3.63) is 22.8 Å². The summed E-state index contributed by atoms with van der Waals surface area (Å²) in [5.41, 5.74) is 0.579. The van der Waals surface area contributed by atoms with Gasteiger partial charge >= 0.3 is 0 Å². The van der Waals surface area contributed by atoms with Gasteiger partial charge < -0.3 is 10.2 Å². The molecule has 1 aliphatic carbocycles. The first-order chi connectivity index (χ1) is 8.51. The Hall–Kier alpha value is -1.29. The summed E-state index contributed by atoms with van der Waals surface area (Å²) in [4.78, 5) is 18.1. The molecule has 0 saturated heterocycles. The number of halogens is 1. The molecule has 1 amide bonds. The molecule has 2 atom stereocenters. The van der Waals surface area contributed by atoms with Crippen molar-refractivity contribution >= 4 is 23.3 Å². The molecule has 1 aromatic heterocycles. The molecule has 0 radical (unpaired) electrons. The topological polar surface area (TPSA) is 45.2 Å². The molecule has 98 valence electrons. The van der Waals surface area contributed by atoms with Crippen LogP contribution in [0.1, 0.15) is 23.7 Å². The number of anilines is 1. The molecule has 1 aromatic rings. The Morgan fingerprint density at radius 1 is 1.61 bits per heavy atom. The molecule has 4 nitrogen and oxygen atoms in total. The third kappa shape index (κ3) is 2.93. The Bertz CT molecular complexity index is 464. The molecule has 0 aliphatic heterocycles. The highest BCUT2D eigenvalue weighted by atomic mass is 35.5. The second-order valence-corrected chi connectivity index (χ2v) is 5.36. The molecule has 2 rings (SSSR count). The molecule has 2 unspecified atom stereocenters. The number of pyridine rings is 1. The zero-order valence-electron chi connectivity index (χ0n) is 10.9. The zero-order chi connectivity index (χ0) is 13.3. The quantitative estimate of drug-likeness (QED) is 0.853. The first-order valence-corrected chi connectivity index (χ1v) is 6.50. The van der Waals surface area contributed by atoms with Gasteiger partial charge in [-0.15, -0.1) is 0 Å². The van der Waals surface area contributed by atoms with Gasteiger partial charge in [0.25, 0.3) is 5.91 Å². The van der Waals surface area contributed by atoms with Gasteiger partial charge in [-0.2, -0.15) is 0 Å². The molecule has 0 spiro atoms. The Labute approximate surface area is 112 Å². The minimum Gasteiger partial charge on any atom is -0.373 e. The lowest BCUT2D eigenvalue weighted by atomic mass is 10.2. The van der Waals surface area contributed by atoms with Gasteiger partial charge in [0, 0.05) is 26.2 Å². The molecule has 0 bridgehead atoms. The van der Waals surface area contributed by atoms with E-state index in [4.69, 9.17) is 11.6 Å². The summed E-state index contributed by atoms with van der Waals surface area (Å²) in [6.07, 6.45) is 1.22. The van der Waals surface area contributed by atoms with Crippen LogP contribution < -0.4 is 5.32 Å². The molecule has 1 heterocycles. The third-order valence-electron chi connectivity index (χ3n) is 3.43. The third-order valence-corrected chi connectivity index (χ3v) is 3.62. The number of hydrogen-bond acceptors (Lipinski definition) is 3. The van der Waals surface area contributed by atoms with Gasteiger partial charge in [0.1, 0.15) is 11.0 Å². The van der Waals surface area contributed by atoms with E-state index in [0.29, 0.717) is 22.5 Å². The largest absolute Gasteiger partial charge is 0.373 e. The van der Waals surface area contributed by atoms with E-state index in [1.165, 1.54) is 6.42 Å². The second-order valence-electron chi connectivity index (χ2n) is 4.97. The van der Waals surface area contributed by atoms with Crippen molar-refractivity contribution in [1.82, 2.24) is 9.88 Å². The molecule has 1 aliphatic rings. The minimum absolute atomic E-state index is 0.00472. The number of carbonyl (C=O) groups is 1. The van der Waals surface area contributed by atoms with E-state index in [1.54, 1.807) is 24.1 Å². The first-order valence-electron chi connectivity index (χ1n) is 6.12. The summed E-state index contributed by atoms with van der Waals surface area (Å²) in [5, 5.41) is 3.23. The van der Waals surface area contributed by atoms with E-state index in [-0.39, 0.29) is 5.91 Å². The lowest BCUT2D eigenvalue weighted by Crippen LogP contribution is -2.29. The fourth-order valence-electron chi connectivity index (χ4n) is 2.06. The van der Waals surface area contributed by atoms with Crippen molar-refractivity contribution in [3.63, 3.8) is 0 Å². The Morgan fingerprint density at radius 2 is 2.28 bits per heavy atom. The highest BCUT2D eigenvalue weighted by Gasteiger charge is 2.34. The summed E-state index contributed by atoms with van der Waals surface area (Å²) in [7, 11) is 3.59. The predicted molar refractivity (Wildman–Crippen MR) is 73.0 cm³/mol. The molecular weight excluding hydrogens is 250 g/mol. The Morgan fingerprint density at radius 3 is 2.83 bits per heavy atom. The smallest absolute Gasteiger partial charge is 0.253 e. The van der Waals surface area contributed by atoms with Crippen LogP contribution in [0, 0.1) is 11.8 Å². The van der Waals surface area contributed by atoms with Crippen LogP contribution in [-0.4, -0.2) is 36.4 Å². The molecule has 1 N–H and O–H groups in total. The lowest BCUT2D eigenvalue weighted by molar-refractivity contribution is 0.0787. The molecular formula is C13H18ClN3O. The highest BCUT2D eigenvalue weighted by Crippen LogP contribution is 2.38. The van der Waals surface area contributed by atoms with Crippen molar-refractivity contribution in [3.8, 4) is 0 Å². The average molecular weight is 268 g/mol. The van der Waals surface area contributed by atoms with Gasteiger partial charge in [-0.25, -0.2) is 4.98 Å². The van der Waals surface area contributed by atoms with Crippen LogP contribution in [0.15, 0.2) is 12.1 Å². The average Bonchev–Trinajstić information content (AvgIpc) is 3.02. The van der Waals surface area contributed by atoms with E-state index >= 15 is 0 Å². The van der Waals surface area contributed by atoms with Crippen LogP contribution in [0.2, 0.25) is 5.15 Å². The Balaban J connectivity index is 2.09. The normalized spacial score (nSPS) is 21.6. The summed E-state index contributed by atoms with van der Waals surface area (Å²) in [6, 6.07) is 3.33. The number of aromatic nitrogens is 1. The number of hydrogen-bond donors (Lipinski definition) is 1. The molecule has 0 aromatic carbocycles. The number of amides is 1. The van der Waals surface area contributed by atoms with Crippen LogP contribution in [0.4, 0.5) is 5.82 Å². The molecule has 1 fully saturated rings. The summed E-state index contributed by atoms with van der Waals surface area (Å²) in [6.45, 7) is 3.03. The molecule has 1 saturated carbocycles. The number of nitrogens with one attached hydrogen (secondary N) is 1. The van der Waals surface area contributed by atoms with Crippen molar-refractivity contribution in [2.75, 3.05) is 26.0 Å². The van der Waals surface area contributed by atoms with Crippen LogP contribution in [0.25, 0.3) is 0 Å². The molecule has 18 heavy (non-hydrogen) atoms. The minimum atomic E-state index is -0.00472. The van der Waals surface area contributed by atoms with Crippen LogP contribution in [0.5, 0.6) is 0 Å². The van der Waals surface area contributed by atoms with Crippen LogP contribution >= 0.6 is 11.6 Å². The fraction of sp³-hybridized carbons (Fsp3) is 0.538. The lowest BCUT2D eigenvalue weighted by Gasteiger charge is -2.17. The fourth-order valence-corrected chi connectivity index (χ4v) is 2.27. The summed E-state index contributed by atoms with van der Waals surface area (Å²) >= 11 is 5.90. The van der Waals surface area contributed by atoms with E-state index in [0.717, 1.165) is 12.5 Å². The first kappa shape index (κ1) is 13.1. The summed E-state index contributed by atoms with van der Waals surface area (Å²) < 4.78 is 0. The van der Waals surface area contributed by atoms with E-state index in [1.807, 2.05) is 7.05 Å². The van der Waals surface area contributed by atoms with Crippen molar-refractivity contribution in [1.29, 1.82) is 0 Å². The van der Waals surface area contributed by atoms with Gasteiger partial charge in [0.05, 0.1) is 0 Å². The van der Waals surface area contributed by atoms with Crippen LogP contribution in [0.3, 0.4) is 0 Å². The standard InChI is InChI=1S/C13H18ClN3O/c1-8-4-10(8)7-17(3)13(18)9-5-11(14)16-12(6-9)15-2/h5-6,8,10H,4,7H2,1-3H3,(H,15,16). The highest BCUT2D eigenvalue weighted by molar-refractivity contribution is 6.29. The summed E-state index contributed by atoms with van der Waals surface area (Å²) in [5.74, 6) is 2.00. The van der Waals surface area contributed by atoms with Crippen molar-refractivity contribution < 1.29 is 4.79 Å². The van der Waals surface area contributed by atoms with Gasteiger partial charge in [-0.3, -0.25) is 4.79 Å². The predicted octanol–water partition coefficient (Wildman–Crippen LogP) is 2.50. The van der Waals surface area contributed by atoms with Gasteiger partial charge in [-0.1, -0.05) is 18.5 Å². The maximum atomic E-state index is 12.2. The maximum Gasteiger partial charge on any atom is 0.253 e. The van der Waals surface area contributed by atoms with E-state index < -0.39 is 0 Å². The van der Waals surface area contributed by atoms with E-state index in [2.05, 4.69) is 17.2 Å². The van der Waals surface area contributed by atoms with Crippen molar-refractivity contribution in [2.45, 2.75) is 13.3 Å². The number of carbonyl (C=O) groups excluding carboxylic acids is 1. The Kier molecular flexibility index (Phi) is 3.76. The van der Waals surface area contributed by atoms with E-state index in [9.17, 15) is 4.79 Å². The van der Waals surface area contributed by atoms with Crippen molar-refractivity contribution in [2.24, 2.45) is 11.8 Å². The number of rotatable bonds is 4. The van der Waals surface area contributed by atoms with Gasteiger partial charge in [0.15, 0.2) is 0 Å².